The smallest absolute Gasteiger partial charge is 0.000382 e. The van der Waals surface area contributed by atoms with E-state index in [1.54, 1.807) is 7.05 Å². The second-order valence-electron chi connectivity index (χ2n) is 2.53. The van der Waals surface area contributed by atoms with E-state index in [-0.39, 0.29) is 6.04 Å². The monoisotopic (exact) mass is 129 g/mol. The Hall–Kier alpha value is -0.120. The zero-order valence-electron chi connectivity index (χ0n) is 5.76. The summed E-state index contributed by atoms with van der Waals surface area (Å²) in [6, 6.07) is 0.270. The maximum Gasteiger partial charge on any atom is -0.000382 e. The summed E-state index contributed by atoms with van der Waals surface area (Å²) in [4.78, 5) is 0. The Bertz CT molecular complexity index is 79.1. The summed E-state index contributed by atoms with van der Waals surface area (Å²) >= 11 is 0. The molecule has 0 aromatic heterocycles. The van der Waals surface area contributed by atoms with Gasteiger partial charge >= 0.3 is 0 Å². The van der Waals surface area contributed by atoms with Crippen molar-refractivity contribution in [3.05, 3.63) is 5.21 Å². The van der Waals surface area contributed by atoms with Gasteiger partial charge in [0.25, 0.3) is 0 Å². The normalized spacial score (nSPS) is 23.0. The SMILES string of the molecule is CN([O-])C1CCNCC1. The van der Waals surface area contributed by atoms with Gasteiger partial charge in [-0.25, -0.2) is 0 Å². The fourth-order valence-electron chi connectivity index (χ4n) is 1.17. The number of piperidine rings is 1. The van der Waals surface area contributed by atoms with E-state index in [1.807, 2.05) is 0 Å². The van der Waals surface area contributed by atoms with Crippen LogP contribution in [-0.4, -0.2) is 31.2 Å². The Balaban J connectivity index is 2.23. The topological polar surface area (TPSA) is 38.3 Å². The van der Waals surface area contributed by atoms with Gasteiger partial charge in [-0.2, -0.15) is 0 Å². The molecular formula is C6H13N2O-. The number of hydroxylamine groups is 2. The summed E-state index contributed by atoms with van der Waals surface area (Å²) in [5.74, 6) is 0. The van der Waals surface area contributed by atoms with Gasteiger partial charge in [0.1, 0.15) is 0 Å². The molecule has 0 aromatic rings. The van der Waals surface area contributed by atoms with Crippen LogP contribution < -0.4 is 5.32 Å². The van der Waals surface area contributed by atoms with Crippen LogP contribution in [0.5, 0.6) is 0 Å². The van der Waals surface area contributed by atoms with Crippen LogP contribution in [0.4, 0.5) is 0 Å². The predicted octanol–water partition coefficient (Wildman–Crippen LogP) is 0.168. The highest BCUT2D eigenvalue weighted by Crippen LogP contribution is 2.07. The molecule has 0 unspecified atom stereocenters. The van der Waals surface area contributed by atoms with Gasteiger partial charge in [0.2, 0.25) is 0 Å². The van der Waals surface area contributed by atoms with E-state index in [0.29, 0.717) is 0 Å². The van der Waals surface area contributed by atoms with Crippen molar-refractivity contribution in [2.75, 3.05) is 20.1 Å². The van der Waals surface area contributed by atoms with E-state index in [1.165, 1.54) is 0 Å². The maximum atomic E-state index is 10.7. The molecule has 1 aliphatic rings. The molecule has 0 amide bonds. The lowest BCUT2D eigenvalue weighted by Gasteiger charge is -2.35. The summed E-state index contributed by atoms with van der Waals surface area (Å²) < 4.78 is 0. The average molecular weight is 129 g/mol. The lowest BCUT2D eigenvalue weighted by molar-refractivity contribution is 0.265. The van der Waals surface area contributed by atoms with E-state index in [2.05, 4.69) is 5.32 Å². The molecule has 0 aliphatic carbocycles. The van der Waals surface area contributed by atoms with Crippen molar-refractivity contribution in [3.63, 3.8) is 0 Å². The van der Waals surface area contributed by atoms with Crippen LogP contribution in [0.1, 0.15) is 12.8 Å². The maximum absolute atomic E-state index is 10.7. The number of rotatable bonds is 1. The van der Waals surface area contributed by atoms with Gasteiger partial charge in [-0.05, 0) is 39.0 Å². The molecule has 0 radical (unpaired) electrons. The zero-order chi connectivity index (χ0) is 6.69. The second kappa shape index (κ2) is 3.15. The minimum Gasteiger partial charge on any atom is -0.785 e. The van der Waals surface area contributed by atoms with Gasteiger partial charge in [-0.1, -0.05) is 0 Å². The third-order valence-corrected chi connectivity index (χ3v) is 1.82. The number of hydrogen-bond acceptors (Lipinski definition) is 3. The summed E-state index contributed by atoms with van der Waals surface area (Å²) in [7, 11) is 1.61. The van der Waals surface area contributed by atoms with E-state index < -0.39 is 0 Å². The largest absolute Gasteiger partial charge is 0.785 e. The number of nitrogens with zero attached hydrogens (tertiary/aromatic N) is 1. The van der Waals surface area contributed by atoms with Crippen LogP contribution in [0.2, 0.25) is 0 Å². The van der Waals surface area contributed by atoms with Gasteiger partial charge in [-0.3, -0.25) is 0 Å². The van der Waals surface area contributed by atoms with Crippen LogP contribution in [0, 0.1) is 5.21 Å². The molecule has 0 aromatic carbocycles. The highest BCUT2D eigenvalue weighted by atomic mass is 16.5. The molecular weight excluding hydrogens is 116 g/mol. The molecule has 0 atom stereocenters. The Morgan fingerprint density at radius 1 is 1.44 bits per heavy atom. The molecule has 1 saturated heterocycles. The summed E-state index contributed by atoms with van der Waals surface area (Å²) in [6.07, 6.45) is 2.00. The molecule has 0 bridgehead atoms. The van der Waals surface area contributed by atoms with Gasteiger partial charge in [0, 0.05) is 0 Å². The van der Waals surface area contributed by atoms with Crippen LogP contribution in [0.3, 0.4) is 0 Å². The first kappa shape index (κ1) is 6.99. The first-order valence-electron chi connectivity index (χ1n) is 3.41. The first-order chi connectivity index (χ1) is 4.30. The van der Waals surface area contributed by atoms with Gasteiger partial charge in [-0.15, -0.1) is 0 Å². The first-order valence-corrected chi connectivity index (χ1v) is 3.41. The molecule has 1 aliphatic heterocycles. The molecule has 0 spiro atoms. The van der Waals surface area contributed by atoms with Gasteiger partial charge in [0.15, 0.2) is 0 Å². The van der Waals surface area contributed by atoms with Gasteiger partial charge in [0.05, 0.1) is 0 Å². The molecule has 1 heterocycles. The number of hydrogen-bond donors (Lipinski definition) is 1. The highest BCUT2D eigenvalue weighted by molar-refractivity contribution is 4.75. The van der Waals surface area contributed by atoms with Crippen LogP contribution in [0.25, 0.3) is 0 Å². The fourth-order valence-corrected chi connectivity index (χ4v) is 1.17. The minimum absolute atomic E-state index is 0.270. The van der Waals surface area contributed by atoms with Crippen molar-refractivity contribution >= 4 is 0 Å². The van der Waals surface area contributed by atoms with Crippen LogP contribution in [-0.2, 0) is 0 Å². The molecule has 54 valence electrons. The van der Waals surface area contributed by atoms with Crippen molar-refractivity contribution in [2.45, 2.75) is 18.9 Å². The van der Waals surface area contributed by atoms with E-state index in [4.69, 9.17) is 0 Å². The Labute approximate surface area is 55.6 Å². The number of nitrogens with one attached hydrogen (secondary N) is 1. The third-order valence-electron chi connectivity index (χ3n) is 1.82. The minimum atomic E-state index is 0.270. The molecule has 0 saturated carbocycles. The zero-order valence-corrected chi connectivity index (χ0v) is 5.76. The highest BCUT2D eigenvalue weighted by Gasteiger charge is 2.10. The molecule has 3 nitrogen and oxygen atoms in total. The van der Waals surface area contributed by atoms with Crippen LogP contribution in [0.15, 0.2) is 0 Å². The van der Waals surface area contributed by atoms with Gasteiger partial charge < -0.3 is 15.6 Å². The van der Waals surface area contributed by atoms with E-state index in [9.17, 15) is 5.21 Å². The molecule has 9 heavy (non-hydrogen) atoms. The Morgan fingerprint density at radius 3 is 2.33 bits per heavy atom. The standard InChI is InChI=1S/C6H13N2O/c1-8(9)6-2-4-7-5-3-6/h6-7H,2-5H2,1H3/q-1. The average Bonchev–Trinajstić information content (AvgIpc) is 1.90. The van der Waals surface area contributed by atoms with Crippen molar-refractivity contribution in [3.8, 4) is 0 Å². The molecule has 1 rings (SSSR count). The second-order valence-corrected chi connectivity index (χ2v) is 2.53. The molecule has 1 fully saturated rings. The van der Waals surface area contributed by atoms with E-state index in [0.717, 1.165) is 31.0 Å². The van der Waals surface area contributed by atoms with E-state index >= 15 is 0 Å². The predicted molar refractivity (Wildman–Crippen MR) is 37.0 cm³/mol. The third kappa shape index (κ3) is 1.93. The molecule has 1 N–H and O–H groups in total. The summed E-state index contributed by atoms with van der Waals surface area (Å²) in [6.45, 7) is 1.99. The van der Waals surface area contributed by atoms with Crippen molar-refractivity contribution < 1.29 is 0 Å². The Kier molecular flexibility index (Phi) is 2.45. The van der Waals surface area contributed by atoms with Crippen molar-refractivity contribution in [2.24, 2.45) is 0 Å². The quantitative estimate of drug-likeness (QED) is 0.513. The lowest BCUT2D eigenvalue weighted by Crippen LogP contribution is -2.38. The Morgan fingerprint density at radius 2 is 2.00 bits per heavy atom. The summed E-state index contributed by atoms with van der Waals surface area (Å²) in [5.41, 5.74) is 0. The lowest BCUT2D eigenvalue weighted by atomic mass is 10.1. The summed E-state index contributed by atoms with van der Waals surface area (Å²) in [5, 5.41) is 15.0. The molecule has 3 heteroatoms. The fraction of sp³-hybridized carbons (Fsp3) is 1.00. The van der Waals surface area contributed by atoms with Crippen molar-refractivity contribution in [1.82, 2.24) is 10.4 Å². The van der Waals surface area contributed by atoms with Crippen LogP contribution >= 0.6 is 0 Å². The van der Waals surface area contributed by atoms with Crippen molar-refractivity contribution in [1.29, 1.82) is 0 Å².